The molecule has 3 aromatic heterocycles. The number of hydrogen-bond donors (Lipinski definition) is 1. The molecule has 0 aliphatic rings. The number of alkyl halides is 1. The Morgan fingerprint density at radius 2 is 1.09 bits per heavy atom. The molecule has 542 valence electrons. The van der Waals surface area contributed by atoms with Gasteiger partial charge >= 0.3 is 64.1 Å². The molecular weight excluding hydrogens is 1540 g/mol. The molecule has 58 heteroatoms. The van der Waals surface area contributed by atoms with Crippen LogP contribution in [0.25, 0.3) is 21.5 Å². The van der Waals surface area contributed by atoms with Crippen molar-refractivity contribution in [2.75, 3.05) is 68.5 Å². The minimum Gasteiger partial charge on any atom is -0.709 e. The minimum atomic E-state index is -3.54. The predicted molar refractivity (Wildman–Crippen MR) is 327 cm³/mol. The van der Waals surface area contributed by atoms with Gasteiger partial charge in [0.2, 0.25) is 6.54 Å². The van der Waals surface area contributed by atoms with Gasteiger partial charge in [0, 0.05) is 77.2 Å². The number of aliphatic hydroxyl groups is 1. The Hall–Kier alpha value is -7.31. The second-order valence-corrected chi connectivity index (χ2v) is 27.5. The second-order valence-electron chi connectivity index (χ2n) is 16.9. The fraction of sp³-hybridized carbons (Fsp3) is 0.488. The first-order valence-electron chi connectivity index (χ1n) is 25.4. The van der Waals surface area contributed by atoms with Crippen molar-refractivity contribution >= 4 is 101 Å². The second kappa shape index (κ2) is 53.6. The van der Waals surface area contributed by atoms with Crippen LogP contribution in [0.1, 0.15) is 34.6 Å². The number of hydrogen-bond acceptors (Lipinski definition) is 41. The van der Waals surface area contributed by atoms with E-state index >= 15 is 0 Å². The van der Waals surface area contributed by atoms with E-state index in [1.54, 1.807) is 6.07 Å². The van der Waals surface area contributed by atoms with E-state index in [4.69, 9.17) is 21.8 Å². The third kappa shape index (κ3) is 49.8. The number of aliphatic hydroxyl groups excluding tert-OH is 1. The predicted octanol–water partition coefficient (Wildman–Crippen LogP) is -4.43. The number of nitro groups is 2. The molecule has 0 bridgehead atoms. The SMILES string of the molecule is O=[N+]([O-])CC(CCl)O[N+](=O)[O-].O=[N+]([O-])OCC(CCS(=O)(=S)O[O-])O[N+](=O)[O-].O=[N+]([O-])OCC(O)CS(=O)(=S)O[O-].O=[N+]([O-])OCCCS(=O)CCCO[N+](=O)[O-].O=[N+]([O-])OCCc1ccc([N+](=O)[O-])s1.O=[N+]([O-])OCc1ccc(-c2nn(Cc3ccccc3)c3ccccc23)s1.[Na+].[Na+]. The largest absolute Gasteiger partial charge is 1.00 e. The van der Waals surface area contributed by atoms with Gasteiger partial charge in [0.05, 0.1) is 58.6 Å². The molecule has 0 spiro atoms. The van der Waals surface area contributed by atoms with Gasteiger partial charge in [0.15, 0.2) is 6.10 Å². The van der Waals surface area contributed by atoms with E-state index in [0.29, 0.717) is 30.7 Å². The van der Waals surface area contributed by atoms with E-state index in [2.05, 4.69) is 87.9 Å². The summed E-state index contributed by atoms with van der Waals surface area (Å²) in [5, 5.41) is 125. The van der Waals surface area contributed by atoms with Crippen LogP contribution in [0.3, 0.4) is 0 Å². The van der Waals surface area contributed by atoms with Crippen LogP contribution in [0.5, 0.6) is 0 Å². The van der Waals surface area contributed by atoms with E-state index < -0.39 is 128 Å². The maximum atomic E-state index is 11.2. The monoisotopic (exact) mass is 1590 g/mol. The average molecular weight is 1590 g/mol. The average Bonchev–Trinajstić information content (AvgIpc) is 1.63. The van der Waals surface area contributed by atoms with Crippen molar-refractivity contribution in [2.24, 2.45) is 0 Å². The van der Waals surface area contributed by atoms with Crippen LogP contribution in [0.15, 0.2) is 78.9 Å². The van der Waals surface area contributed by atoms with E-state index in [0.717, 1.165) is 37.7 Å². The molecule has 5 aromatic rings. The Morgan fingerprint density at radius 1 is 0.596 bits per heavy atom. The normalized spacial score (nSPS) is 12.2. The quantitative estimate of drug-likeness (QED) is 0.00963. The number of halogens is 1. The van der Waals surface area contributed by atoms with Gasteiger partial charge < -0.3 is 63.0 Å². The summed E-state index contributed by atoms with van der Waals surface area (Å²) in [6, 6.07) is 25.0. The Balaban J connectivity index is -0.00000114. The number of aromatic nitrogens is 2. The van der Waals surface area contributed by atoms with Crippen molar-refractivity contribution in [3.63, 3.8) is 0 Å². The maximum absolute atomic E-state index is 11.2. The summed E-state index contributed by atoms with van der Waals surface area (Å²) in [6.07, 6.45) is -3.44. The summed E-state index contributed by atoms with van der Waals surface area (Å²) >= 11 is 15.9. The smallest absolute Gasteiger partial charge is 0.709 e. The maximum Gasteiger partial charge on any atom is 1.00 e. The molecule has 0 aliphatic carbocycles. The van der Waals surface area contributed by atoms with Gasteiger partial charge in [-0.3, -0.25) is 29.1 Å². The summed E-state index contributed by atoms with van der Waals surface area (Å²) in [5.41, 5.74) is 3.12. The number of benzene rings is 2. The van der Waals surface area contributed by atoms with Crippen LogP contribution in [0, 0.1) is 101 Å². The van der Waals surface area contributed by atoms with E-state index in [1.165, 1.54) is 23.0 Å². The van der Waals surface area contributed by atoms with Crippen molar-refractivity contribution < 1.29 is 185 Å². The molecule has 0 saturated heterocycles. The molecule has 1 N–H and O–H groups in total. The number of rotatable bonds is 41. The first-order valence-corrected chi connectivity index (χ1v) is 34.2. The van der Waals surface area contributed by atoms with Gasteiger partial charge in [-0.2, -0.15) is 5.10 Å². The van der Waals surface area contributed by atoms with Crippen molar-refractivity contribution in [1.82, 2.24) is 9.78 Å². The molecule has 99 heavy (non-hydrogen) atoms. The molecule has 5 rings (SSSR count). The number of para-hydroxylation sites is 1. The van der Waals surface area contributed by atoms with Crippen LogP contribution in [0.2, 0.25) is 0 Å². The van der Waals surface area contributed by atoms with Gasteiger partial charge in [0.25, 0.3) is 40.7 Å². The molecule has 0 amide bonds. The molecule has 0 radical (unpaired) electrons. The first kappa shape index (κ1) is 95.9. The van der Waals surface area contributed by atoms with Crippen LogP contribution in [0.4, 0.5) is 5.00 Å². The molecule has 5 atom stereocenters. The van der Waals surface area contributed by atoms with Crippen molar-refractivity contribution in [3.8, 4) is 10.6 Å². The van der Waals surface area contributed by atoms with Gasteiger partial charge in [-0.1, -0.05) is 59.9 Å². The molecule has 3 heterocycles. The number of thiophene rings is 2. The molecule has 0 fully saturated rings. The third-order valence-electron chi connectivity index (χ3n) is 9.87. The topological polar surface area (TPSA) is 659 Å². The molecular formula is C41H51ClN12Na2O36S7. The first-order chi connectivity index (χ1) is 45.5. The zero-order chi connectivity index (χ0) is 73.7. The van der Waals surface area contributed by atoms with Gasteiger partial charge in [-0.15, -0.1) is 104 Å². The van der Waals surface area contributed by atoms with E-state index in [9.17, 15) is 124 Å². The van der Waals surface area contributed by atoms with Crippen molar-refractivity contribution in [3.05, 3.63) is 195 Å². The Labute approximate surface area is 622 Å². The van der Waals surface area contributed by atoms with Gasteiger partial charge in [0.1, 0.15) is 55.8 Å². The van der Waals surface area contributed by atoms with Crippen LogP contribution in [-0.2, 0) is 118 Å². The zero-order valence-corrected chi connectivity index (χ0v) is 61.1. The molecule has 5 unspecified atom stereocenters. The van der Waals surface area contributed by atoms with E-state index in [1.807, 2.05) is 53.2 Å². The summed E-state index contributed by atoms with van der Waals surface area (Å²) in [6.45, 7) is -1.74. The summed E-state index contributed by atoms with van der Waals surface area (Å²) < 4.78 is 41.2. The third-order valence-corrected chi connectivity index (χ3v) is 17.0. The summed E-state index contributed by atoms with van der Waals surface area (Å²) in [4.78, 5) is 132. The Bertz CT molecular complexity index is 3530. The van der Waals surface area contributed by atoms with Gasteiger partial charge in [-0.25, -0.2) is 8.42 Å². The molecule has 48 nitrogen and oxygen atoms in total. The van der Waals surface area contributed by atoms with Crippen molar-refractivity contribution in [1.29, 1.82) is 0 Å². The van der Waals surface area contributed by atoms with Crippen LogP contribution < -0.4 is 69.6 Å². The fourth-order valence-corrected chi connectivity index (χ4v) is 11.1. The summed E-state index contributed by atoms with van der Waals surface area (Å²) in [5.74, 6) is -0.939. The zero-order valence-electron chi connectivity index (χ0n) is 50.6. The minimum absolute atomic E-state index is 0. The molecule has 0 aliphatic heterocycles. The number of nitrogens with zero attached hydrogens (tertiary/aromatic N) is 12. The number of fused-ring (bicyclic) bond motifs is 1. The van der Waals surface area contributed by atoms with Crippen LogP contribution in [-0.4, -0.2) is 165 Å². The standard InChI is InChI=1S/C19H15N3O3S.C6H12N2O7S.C6H6N2O5S.C4H8N2O9S2.C3H5ClN2O5.C3H7NO7S2.2Na/c23-22(24)25-13-15-10-11-18(26-15)19-16-8-4-5-9-17(16)21(20-19)12-14-6-2-1-3-7-14;9-7(10)14-3-1-5-16(13)6-2-4-15-8(11)12;9-7(10)6-2-1-5(14-6)3-4-13-8(11)12;7-5(8)13-3-4(14-6(9)10)1-2-17(12,16)15-11;4-1-3(2-5(7)8)11-6(9)10;5-3(1-10-4(6)7)2-13(9,12)11-8;;/h1-11H,12-13H2;1-6H2;1-2H,3-4H2;4,11H,1-3H2;3H,1-2H2;3,5,8H,1-2H2;;/q;;;;;;2*+1/p-2. The Kier molecular flexibility index (Phi) is 51.9. The van der Waals surface area contributed by atoms with Gasteiger partial charge in [-0.05, 0) is 49.1 Å². The molecule has 0 saturated carbocycles. The van der Waals surface area contributed by atoms with E-state index in [-0.39, 0.29) is 114 Å². The summed E-state index contributed by atoms with van der Waals surface area (Å²) in [7, 11) is -8.24. The molecule has 2 aromatic carbocycles. The Morgan fingerprint density at radius 3 is 1.58 bits per heavy atom. The van der Waals surface area contributed by atoms with Crippen LogP contribution >= 0.6 is 34.3 Å². The fourth-order valence-electron chi connectivity index (χ4n) is 6.12. The van der Waals surface area contributed by atoms with Crippen molar-refractivity contribution in [2.45, 2.75) is 57.1 Å².